The number of carbonyl (C=O) groups is 1. The van der Waals surface area contributed by atoms with Gasteiger partial charge in [0.05, 0.1) is 12.7 Å². The summed E-state index contributed by atoms with van der Waals surface area (Å²) in [5.41, 5.74) is 1.62. The highest BCUT2D eigenvalue weighted by Gasteiger charge is 2.60. The summed E-state index contributed by atoms with van der Waals surface area (Å²) < 4.78 is 12.3. The van der Waals surface area contributed by atoms with Gasteiger partial charge in [-0.25, -0.2) is 0 Å². The molecule has 3 fully saturated rings. The van der Waals surface area contributed by atoms with Crippen LogP contribution in [0, 0.1) is 11.8 Å². The van der Waals surface area contributed by atoms with Crippen molar-refractivity contribution in [2.75, 3.05) is 40.4 Å². The molecule has 1 heterocycles. The largest absolute Gasteiger partial charge is 0.497 e. The molecule has 37 heavy (non-hydrogen) atoms. The lowest BCUT2D eigenvalue weighted by Crippen LogP contribution is -2.68. The Balaban J connectivity index is 1.53. The molecule has 2 aliphatic carbocycles. The summed E-state index contributed by atoms with van der Waals surface area (Å²) >= 11 is 0. The summed E-state index contributed by atoms with van der Waals surface area (Å²) in [7, 11) is 3.65. The number of nitrogens with zero attached hydrogens (tertiary/aromatic N) is 2. The van der Waals surface area contributed by atoms with Crippen molar-refractivity contribution in [3.05, 3.63) is 65.7 Å². The topological polar surface area (TPSA) is 42.0 Å². The minimum atomic E-state index is -0.275. The van der Waals surface area contributed by atoms with Crippen molar-refractivity contribution in [1.29, 1.82) is 0 Å². The molecule has 200 valence electrons. The van der Waals surface area contributed by atoms with E-state index in [0.29, 0.717) is 5.92 Å². The molecule has 5 heteroatoms. The van der Waals surface area contributed by atoms with Crippen LogP contribution in [0.1, 0.15) is 68.3 Å². The summed E-state index contributed by atoms with van der Waals surface area (Å²) in [6, 6.07) is 18.6. The summed E-state index contributed by atoms with van der Waals surface area (Å²) in [5.74, 6) is 2.30. The van der Waals surface area contributed by atoms with Crippen LogP contribution in [0.3, 0.4) is 0 Å². The molecule has 3 aliphatic rings. The Labute approximate surface area is 223 Å². The predicted molar refractivity (Wildman–Crippen MR) is 148 cm³/mol. The Morgan fingerprint density at radius 2 is 1.84 bits per heavy atom. The fourth-order valence-corrected chi connectivity index (χ4v) is 7.11. The first-order valence-electron chi connectivity index (χ1n) is 14.2. The second-order valence-electron chi connectivity index (χ2n) is 12.1. The van der Waals surface area contributed by atoms with Crippen molar-refractivity contribution in [1.82, 2.24) is 9.80 Å². The van der Waals surface area contributed by atoms with Gasteiger partial charge in [-0.1, -0.05) is 44.2 Å². The highest BCUT2D eigenvalue weighted by Crippen LogP contribution is 2.55. The third kappa shape index (κ3) is 5.18. The van der Waals surface area contributed by atoms with E-state index in [1.807, 2.05) is 43.5 Å². The van der Waals surface area contributed by atoms with E-state index in [2.05, 4.69) is 41.8 Å². The lowest BCUT2D eigenvalue weighted by Gasteiger charge is -2.61. The van der Waals surface area contributed by atoms with Crippen LogP contribution in [-0.4, -0.2) is 67.7 Å². The number of ether oxygens (including phenoxy) is 2. The third-order valence-corrected chi connectivity index (χ3v) is 9.18. The number of hydrogen-bond donors (Lipinski definition) is 0. The number of methoxy groups -OCH3 is 2. The molecule has 2 saturated carbocycles. The third-order valence-electron chi connectivity index (χ3n) is 9.18. The maximum Gasteiger partial charge on any atom is 0.254 e. The smallest absolute Gasteiger partial charge is 0.254 e. The fourth-order valence-electron chi connectivity index (χ4n) is 7.11. The minimum absolute atomic E-state index is 0.149. The van der Waals surface area contributed by atoms with Crippen LogP contribution in [0.25, 0.3) is 0 Å². The van der Waals surface area contributed by atoms with E-state index in [1.54, 1.807) is 7.11 Å². The van der Waals surface area contributed by atoms with Gasteiger partial charge in [0.25, 0.3) is 5.91 Å². The van der Waals surface area contributed by atoms with Crippen LogP contribution in [0.15, 0.2) is 54.6 Å². The average molecular weight is 505 g/mol. The quantitative estimate of drug-likeness (QED) is 0.434. The molecule has 2 aromatic carbocycles. The van der Waals surface area contributed by atoms with Crippen LogP contribution in [0.4, 0.5) is 0 Å². The zero-order valence-electron chi connectivity index (χ0n) is 23.1. The van der Waals surface area contributed by atoms with Crippen LogP contribution in [0.2, 0.25) is 0 Å². The number of rotatable bonds is 9. The highest BCUT2D eigenvalue weighted by molar-refractivity contribution is 5.94. The minimum Gasteiger partial charge on any atom is -0.497 e. The molecule has 2 unspecified atom stereocenters. The SMILES string of the molecule is COc1cccc(C23CCN(CC4CC4)CC2(OC)CC[C@H](N(CC(C)C)C(=O)c2ccccc2)C3)c1. The molecule has 1 amide bonds. The molecule has 0 N–H and O–H groups in total. The summed E-state index contributed by atoms with van der Waals surface area (Å²) in [6.45, 7) is 8.40. The molecule has 2 aromatic rings. The number of benzene rings is 2. The number of hydrogen-bond acceptors (Lipinski definition) is 4. The monoisotopic (exact) mass is 504 g/mol. The normalized spacial score (nSPS) is 28.1. The van der Waals surface area contributed by atoms with Gasteiger partial charge in [-0.05, 0) is 86.7 Å². The van der Waals surface area contributed by atoms with Gasteiger partial charge in [0, 0.05) is 43.8 Å². The first kappa shape index (κ1) is 26.2. The molecule has 5 nitrogen and oxygen atoms in total. The number of piperidine rings is 1. The van der Waals surface area contributed by atoms with Gasteiger partial charge in [0.1, 0.15) is 5.75 Å². The summed E-state index contributed by atoms with van der Waals surface area (Å²) in [4.78, 5) is 18.7. The zero-order valence-corrected chi connectivity index (χ0v) is 23.1. The molecular weight excluding hydrogens is 460 g/mol. The highest BCUT2D eigenvalue weighted by atomic mass is 16.5. The van der Waals surface area contributed by atoms with Crippen molar-refractivity contribution in [2.24, 2.45) is 11.8 Å². The van der Waals surface area contributed by atoms with Crippen molar-refractivity contribution >= 4 is 5.91 Å². The van der Waals surface area contributed by atoms with Crippen molar-refractivity contribution in [2.45, 2.75) is 69.4 Å². The van der Waals surface area contributed by atoms with Gasteiger partial charge in [-0.2, -0.15) is 0 Å². The van der Waals surface area contributed by atoms with E-state index < -0.39 is 0 Å². The average Bonchev–Trinajstić information content (AvgIpc) is 3.75. The first-order valence-corrected chi connectivity index (χ1v) is 14.2. The van der Waals surface area contributed by atoms with Gasteiger partial charge in [0.15, 0.2) is 0 Å². The Morgan fingerprint density at radius 1 is 1.05 bits per heavy atom. The molecule has 0 radical (unpaired) electrons. The van der Waals surface area contributed by atoms with Gasteiger partial charge >= 0.3 is 0 Å². The van der Waals surface area contributed by atoms with Crippen LogP contribution < -0.4 is 4.74 Å². The van der Waals surface area contributed by atoms with E-state index in [9.17, 15) is 4.79 Å². The molecule has 5 rings (SSSR count). The van der Waals surface area contributed by atoms with Gasteiger partial charge in [0.2, 0.25) is 0 Å². The van der Waals surface area contributed by atoms with E-state index >= 15 is 0 Å². The lowest BCUT2D eigenvalue weighted by atomic mass is 9.54. The van der Waals surface area contributed by atoms with Gasteiger partial charge in [-0.15, -0.1) is 0 Å². The molecular formula is C32H44N2O3. The van der Waals surface area contributed by atoms with Gasteiger partial charge < -0.3 is 19.3 Å². The lowest BCUT2D eigenvalue weighted by molar-refractivity contribution is -0.155. The molecule has 1 saturated heterocycles. The number of likely N-dealkylation sites (tertiary alicyclic amines) is 1. The fraction of sp³-hybridized carbons (Fsp3) is 0.594. The Bertz CT molecular complexity index is 1070. The number of amides is 1. The second-order valence-corrected chi connectivity index (χ2v) is 12.1. The van der Waals surface area contributed by atoms with Gasteiger partial charge in [-0.3, -0.25) is 4.79 Å². The number of fused-ring (bicyclic) bond motifs is 1. The Morgan fingerprint density at radius 3 is 2.51 bits per heavy atom. The molecule has 3 atom stereocenters. The zero-order chi connectivity index (χ0) is 26.0. The van der Waals surface area contributed by atoms with Crippen LogP contribution >= 0.6 is 0 Å². The van der Waals surface area contributed by atoms with Crippen molar-refractivity contribution < 1.29 is 14.3 Å². The Hall–Kier alpha value is -2.37. The van der Waals surface area contributed by atoms with Crippen LogP contribution in [0.5, 0.6) is 5.75 Å². The van der Waals surface area contributed by atoms with E-state index in [-0.39, 0.29) is 23.0 Å². The van der Waals surface area contributed by atoms with E-state index in [0.717, 1.165) is 62.5 Å². The molecule has 0 bridgehead atoms. The molecule has 0 aromatic heterocycles. The molecule has 0 spiro atoms. The van der Waals surface area contributed by atoms with E-state index in [4.69, 9.17) is 9.47 Å². The number of carbonyl (C=O) groups excluding carboxylic acids is 1. The second kappa shape index (κ2) is 10.8. The van der Waals surface area contributed by atoms with Crippen molar-refractivity contribution in [3.63, 3.8) is 0 Å². The maximum atomic E-state index is 13.9. The molecule has 1 aliphatic heterocycles. The van der Waals surface area contributed by atoms with Crippen molar-refractivity contribution in [3.8, 4) is 5.75 Å². The Kier molecular flexibility index (Phi) is 7.65. The predicted octanol–water partition coefficient (Wildman–Crippen LogP) is 5.78. The first-order chi connectivity index (χ1) is 17.9. The van der Waals surface area contributed by atoms with Crippen LogP contribution in [-0.2, 0) is 10.2 Å². The standard InChI is InChI=1S/C32H44N2O3/c1-24(2)21-34(30(35)26-9-6-5-7-10-26)28-15-16-32(37-4)23-33(22-25-13-14-25)18-17-31(32,20-28)27-11-8-12-29(19-27)36-3/h5-12,19,24-25,28H,13-18,20-23H2,1-4H3/t28-,31?,32?/m0/s1. The summed E-state index contributed by atoms with van der Waals surface area (Å²) in [5, 5.41) is 0. The summed E-state index contributed by atoms with van der Waals surface area (Å²) in [6.07, 6.45) is 6.59. The van der Waals surface area contributed by atoms with E-state index in [1.165, 1.54) is 24.9 Å². The maximum absolute atomic E-state index is 13.9.